The highest BCUT2D eigenvalue weighted by Crippen LogP contribution is 2.37. The van der Waals surface area contributed by atoms with E-state index in [1.165, 1.54) is 25.3 Å². The van der Waals surface area contributed by atoms with E-state index in [0.717, 1.165) is 11.6 Å². The lowest BCUT2D eigenvalue weighted by atomic mass is 10.1. The monoisotopic (exact) mass is 408 g/mol. The molecule has 0 spiro atoms. The van der Waals surface area contributed by atoms with Crippen LogP contribution in [0.3, 0.4) is 0 Å². The zero-order valence-corrected chi connectivity index (χ0v) is 15.7. The average molecular weight is 409 g/mol. The van der Waals surface area contributed by atoms with Gasteiger partial charge in [-0.05, 0) is 64.8 Å². The van der Waals surface area contributed by atoms with Gasteiger partial charge in [0.2, 0.25) is 0 Å². The highest BCUT2D eigenvalue weighted by molar-refractivity contribution is 9.10. The summed E-state index contributed by atoms with van der Waals surface area (Å²) in [5, 5.41) is 0. The first-order valence-electron chi connectivity index (χ1n) is 7.56. The second-order valence-electron chi connectivity index (χ2n) is 5.01. The normalized spacial score (nSPS) is 10.8. The van der Waals surface area contributed by atoms with Crippen LogP contribution in [0.15, 0.2) is 40.9 Å². The number of rotatable bonds is 7. The number of methoxy groups -OCH3 is 2. The zero-order chi connectivity index (χ0) is 18.4. The number of halogens is 2. The number of benzene rings is 2. The van der Waals surface area contributed by atoms with E-state index in [9.17, 15) is 9.18 Å². The molecule has 2 aromatic carbocycles. The van der Waals surface area contributed by atoms with Gasteiger partial charge in [0.1, 0.15) is 0 Å². The van der Waals surface area contributed by atoms with Gasteiger partial charge in [-0.1, -0.05) is 6.08 Å². The van der Waals surface area contributed by atoms with Gasteiger partial charge < -0.3 is 14.2 Å². The van der Waals surface area contributed by atoms with E-state index in [-0.39, 0.29) is 17.1 Å². The first-order valence-corrected chi connectivity index (χ1v) is 8.35. The molecule has 0 saturated carbocycles. The summed E-state index contributed by atoms with van der Waals surface area (Å²) >= 11 is 3.42. The summed E-state index contributed by atoms with van der Waals surface area (Å²) < 4.78 is 30.1. The van der Waals surface area contributed by atoms with Crippen molar-refractivity contribution in [3.05, 3.63) is 57.8 Å². The Morgan fingerprint density at radius 2 is 1.92 bits per heavy atom. The second kappa shape index (κ2) is 8.67. The molecule has 0 amide bonds. The predicted molar refractivity (Wildman–Crippen MR) is 98.2 cm³/mol. The van der Waals surface area contributed by atoms with Crippen molar-refractivity contribution in [1.82, 2.24) is 0 Å². The van der Waals surface area contributed by atoms with Crippen LogP contribution in [0.5, 0.6) is 17.2 Å². The number of ether oxygens (including phenoxy) is 3. The van der Waals surface area contributed by atoms with Crippen LogP contribution in [0.25, 0.3) is 6.08 Å². The van der Waals surface area contributed by atoms with Crippen LogP contribution in [0.1, 0.15) is 22.8 Å². The summed E-state index contributed by atoms with van der Waals surface area (Å²) in [5.74, 6) is 0.365. The van der Waals surface area contributed by atoms with Gasteiger partial charge in [-0.3, -0.25) is 4.79 Å². The second-order valence-corrected chi connectivity index (χ2v) is 5.87. The minimum Gasteiger partial charge on any atom is -0.494 e. The number of hydrogen-bond acceptors (Lipinski definition) is 4. The van der Waals surface area contributed by atoms with Crippen LogP contribution >= 0.6 is 15.9 Å². The fourth-order valence-electron chi connectivity index (χ4n) is 2.23. The van der Waals surface area contributed by atoms with Gasteiger partial charge in [-0.25, -0.2) is 4.39 Å². The average Bonchev–Trinajstić information content (AvgIpc) is 2.59. The van der Waals surface area contributed by atoms with Crippen LogP contribution in [-0.4, -0.2) is 26.6 Å². The van der Waals surface area contributed by atoms with E-state index in [1.807, 2.05) is 6.92 Å². The molecule has 6 heteroatoms. The maximum Gasteiger partial charge on any atom is 0.185 e. The molecule has 0 aliphatic carbocycles. The molecule has 132 valence electrons. The van der Waals surface area contributed by atoms with E-state index >= 15 is 0 Å². The van der Waals surface area contributed by atoms with Gasteiger partial charge >= 0.3 is 0 Å². The minimum atomic E-state index is -0.576. The summed E-state index contributed by atoms with van der Waals surface area (Å²) in [5.41, 5.74) is 0.991. The lowest BCUT2D eigenvalue weighted by Crippen LogP contribution is -1.98. The molecule has 0 atom stereocenters. The first kappa shape index (κ1) is 19.0. The van der Waals surface area contributed by atoms with Gasteiger partial charge in [0.25, 0.3) is 0 Å². The molecule has 25 heavy (non-hydrogen) atoms. The summed E-state index contributed by atoms with van der Waals surface area (Å²) in [7, 11) is 2.93. The third kappa shape index (κ3) is 4.60. The Labute approximate surface area is 154 Å². The molecule has 4 nitrogen and oxygen atoms in total. The van der Waals surface area contributed by atoms with E-state index in [1.54, 1.807) is 25.3 Å². The Balaban J connectivity index is 2.26. The molecular weight excluding hydrogens is 391 g/mol. The molecule has 0 bridgehead atoms. The summed E-state index contributed by atoms with van der Waals surface area (Å²) in [6, 6.07) is 7.67. The maximum absolute atomic E-state index is 13.7. The molecule has 2 rings (SSSR count). The lowest BCUT2D eigenvalue weighted by molar-refractivity contribution is 0.104. The van der Waals surface area contributed by atoms with Crippen molar-refractivity contribution in [1.29, 1.82) is 0 Å². The van der Waals surface area contributed by atoms with Crippen molar-refractivity contribution in [2.45, 2.75) is 6.92 Å². The van der Waals surface area contributed by atoms with Crippen LogP contribution < -0.4 is 14.2 Å². The van der Waals surface area contributed by atoms with Crippen LogP contribution in [-0.2, 0) is 0 Å². The van der Waals surface area contributed by atoms with Crippen LogP contribution in [0.4, 0.5) is 4.39 Å². The maximum atomic E-state index is 13.7. The van der Waals surface area contributed by atoms with Gasteiger partial charge in [0.05, 0.1) is 25.3 Å². The predicted octanol–water partition coefficient (Wildman–Crippen LogP) is 4.90. The fraction of sp³-hybridized carbons (Fsp3) is 0.211. The van der Waals surface area contributed by atoms with Gasteiger partial charge in [0, 0.05) is 5.56 Å². The highest BCUT2D eigenvalue weighted by Gasteiger charge is 2.11. The van der Waals surface area contributed by atoms with Gasteiger partial charge in [-0.2, -0.15) is 0 Å². The lowest BCUT2D eigenvalue weighted by Gasteiger charge is -2.12. The van der Waals surface area contributed by atoms with Gasteiger partial charge in [-0.15, -0.1) is 0 Å². The molecule has 0 aliphatic rings. The quantitative estimate of drug-likeness (QED) is 0.482. The Bertz CT molecular complexity index is 802. The molecule has 0 heterocycles. The summed E-state index contributed by atoms with van der Waals surface area (Å²) in [4.78, 5) is 12.2. The van der Waals surface area contributed by atoms with Crippen molar-refractivity contribution in [2.75, 3.05) is 20.8 Å². The third-order valence-corrected chi connectivity index (χ3v) is 3.99. The highest BCUT2D eigenvalue weighted by atomic mass is 79.9. The van der Waals surface area contributed by atoms with Crippen LogP contribution in [0, 0.1) is 5.82 Å². The number of ketones is 1. The van der Waals surface area contributed by atoms with E-state index in [0.29, 0.717) is 22.6 Å². The molecule has 0 saturated heterocycles. The summed E-state index contributed by atoms with van der Waals surface area (Å²) in [6.07, 6.45) is 3.02. The molecular formula is C19H18BrFO4. The molecule has 0 aromatic heterocycles. The zero-order valence-electron chi connectivity index (χ0n) is 14.1. The smallest absolute Gasteiger partial charge is 0.185 e. The SMILES string of the molecule is CCOc1cc(/C=C/C(=O)c2ccc(OC)c(F)c2)cc(Br)c1OC. The molecule has 2 aromatic rings. The number of allylic oxidation sites excluding steroid dienone is 1. The molecule has 0 N–H and O–H groups in total. The van der Waals surface area contributed by atoms with Crippen molar-refractivity contribution in [3.8, 4) is 17.2 Å². The van der Waals surface area contributed by atoms with Crippen molar-refractivity contribution in [2.24, 2.45) is 0 Å². The Kier molecular flexibility index (Phi) is 6.58. The molecule has 0 fully saturated rings. The minimum absolute atomic E-state index is 0.0981. The van der Waals surface area contributed by atoms with E-state index in [2.05, 4.69) is 15.9 Å². The standard InChI is InChI=1S/C19H18BrFO4/c1-4-25-18-10-12(9-14(20)19(18)24-3)5-7-16(22)13-6-8-17(23-2)15(21)11-13/h5-11H,4H2,1-3H3/b7-5+. The fourth-order valence-corrected chi connectivity index (χ4v) is 2.85. The molecule has 0 unspecified atom stereocenters. The largest absolute Gasteiger partial charge is 0.494 e. The summed E-state index contributed by atoms with van der Waals surface area (Å²) in [6.45, 7) is 2.36. The third-order valence-electron chi connectivity index (χ3n) is 3.40. The first-order chi connectivity index (χ1) is 12.0. The molecule has 0 aliphatic heterocycles. The van der Waals surface area contributed by atoms with Crippen molar-refractivity contribution in [3.63, 3.8) is 0 Å². The van der Waals surface area contributed by atoms with Crippen molar-refractivity contribution >= 4 is 27.8 Å². The number of carbonyl (C=O) groups excluding carboxylic acids is 1. The number of hydrogen-bond donors (Lipinski definition) is 0. The van der Waals surface area contributed by atoms with Gasteiger partial charge in [0.15, 0.2) is 28.8 Å². The van der Waals surface area contributed by atoms with Crippen molar-refractivity contribution < 1.29 is 23.4 Å². The van der Waals surface area contributed by atoms with Crippen LogP contribution in [0.2, 0.25) is 0 Å². The Morgan fingerprint density at radius 3 is 2.52 bits per heavy atom. The molecule has 0 radical (unpaired) electrons. The Hall–Kier alpha value is -2.34. The topological polar surface area (TPSA) is 44.8 Å². The van der Waals surface area contributed by atoms with E-state index in [4.69, 9.17) is 14.2 Å². The number of carbonyl (C=O) groups is 1. The van der Waals surface area contributed by atoms with E-state index < -0.39 is 5.82 Å². The Morgan fingerprint density at radius 1 is 1.16 bits per heavy atom.